The summed E-state index contributed by atoms with van der Waals surface area (Å²) in [7, 11) is 0. The Morgan fingerprint density at radius 1 is 1.18 bits per heavy atom. The molecule has 0 aliphatic heterocycles. The van der Waals surface area contributed by atoms with Crippen LogP contribution in [0, 0.1) is 19.7 Å². The van der Waals surface area contributed by atoms with Crippen molar-refractivity contribution in [2.24, 2.45) is 0 Å². The molecule has 1 aromatic heterocycles. The highest BCUT2D eigenvalue weighted by Gasteiger charge is 2.02. The molecule has 0 atom stereocenters. The number of hydrogen-bond donors (Lipinski definition) is 1. The normalized spacial score (nSPS) is 10.4. The third-order valence-corrected chi connectivity index (χ3v) is 3.17. The topological polar surface area (TPSA) is 24.9 Å². The Morgan fingerprint density at radius 2 is 1.94 bits per heavy atom. The monoisotopic (exact) mass is 294 g/mol. The lowest BCUT2D eigenvalue weighted by Crippen LogP contribution is -1.96. The molecule has 0 bridgehead atoms. The molecule has 2 nitrogen and oxygen atoms in total. The molecule has 88 valence electrons. The number of nitrogens with one attached hydrogen (secondary N) is 1. The Labute approximate surface area is 108 Å². The van der Waals surface area contributed by atoms with Crippen LogP contribution in [0.5, 0.6) is 0 Å². The van der Waals surface area contributed by atoms with E-state index < -0.39 is 0 Å². The molecule has 0 saturated carbocycles. The van der Waals surface area contributed by atoms with Crippen molar-refractivity contribution in [3.05, 3.63) is 51.9 Å². The van der Waals surface area contributed by atoms with E-state index >= 15 is 0 Å². The van der Waals surface area contributed by atoms with Gasteiger partial charge in [0, 0.05) is 10.2 Å². The highest BCUT2D eigenvalue weighted by Crippen LogP contribution is 2.21. The number of pyridine rings is 1. The molecule has 0 amide bonds. The van der Waals surface area contributed by atoms with Gasteiger partial charge in [-0.1, -0.05) is 0 Å². The van der Waals surface area contributed by atoms with Gasteiger partial charge in [0.1, 0.15) is 11.6 Å². The quantitative estimate of drug-likeness (QED) is 0.891. The summed E-state index contributed by atoms with van der Waals surface area (Å²) in [6.07, 6.45) is 0. The first-order valence-corrected chi connectivity index (χ1v) is 6.01. The van der Waals surface area contributed by atoms with Crippen LogP contribution in [-0.4, -0.2) is 4.98 Å². The predicted molar refractivity (Wildman–Crippen MR) is 71.1 cm³/mol. The van der Waals surface area contributed by atoms with Crippen molar-refractivity contribution in [2.75, 3.05) is 5.32 Å². The molecule has 1 heterocycles. The van der Waals surface area contributed by atoms with Gasteiger partial charge in [0.05, 0.1) is 5.69 Å². The van der Waals surface area contributed by atoms with Gasteiger partial charge < -0.3 is 5.32 Å². The van der Waals surface area contributed by atoms with Gasteiger partial charge in [-0.25, -0.2) is 9.37 Å². The standard InChI is InChI=1S/C13H12BrFN2/c1-8-5-10(15)7-11(6-8)17-13-4-3-12(14)9(2)16-13/h3-7H,1-2H3,(H,16,17). The second-order valence-electron chi connectivity index (χ2n) is 3.91. The van der Waals surface area contributed by atoms with Crippen LogP contribution < -0.4 is 5.32 Å². The minimum atomic E-state index is -0.249. The molecule has 0 aliphatic rings. The second kappa shape index (κ2) is 4.84. The molecule has 0 unspecified atom stereocenters. The van der Waals surface area contributed by atoms with Crippen LogP contribution in [0.4, 0.5) is 15.9 Å². The molecule has 0 radical (unpaired) electrons. The second-order valence-corrected chi connectivity index (χ2v) is 4.76. The Hall–Kier alpha value is -1.42. The molecular weight excluding hydrogens is 283 g/mol. The number of aryl methyl sites for hydroxylation is 2. The number of halogens is 2. The maximum absolute atomic E-state index is 13.2. The molecule has 0 saturated heterocycles. The van der Waals surface area contributed by atoms with Crippen LogP contribution in [0.1, 0.15) is 11.3 Å². The fourth-order valence-corrected chi connectivity index (χ4v) is 1.79. The van der Waals surface area contributed by atoms with Crippen molar-refractivity contribution >= 4 is 27.4 Å². The van der Waals surface area contributed by atoms with E-state index in [1.54, 1.807) is 0 Å². The first-order chi connectivity index (χ1) is 8.04. The van der Waals surface area contributed by atoms with Gasteiger partial charge in [0.15, 0.2) is 0 Å². The van der Waals surface area contributed by atoms with Crippen LogP contribution in [0.2, 0.25) is 0 Å². The van der Waals surface area contributed by atoms with E-state index in [9.17, 15) is 4.39 Å². The summed E-state index contributed by atoms with van der Waals surface area (Å²) in [5.41, 5.74) is 2.47. The Kier molecular flexibility index (Phi) is 3.43. The number of aromatic nitrogens is 1. The van der Waals surface area contributed by atoms with Crippen molar-refractivity contribution in [2.45, 2.75) is 13.8 Å². The summed E-state index contributed by atoms with van der Waals surface area (Å²) < 4.78 is 14.2. The predicted octanol–water partition coefficient (Wildman–Crippen LogP) is 4.34. The minimum Gasteiger partial charge on any atom is -0.340 e. The molecule has 1 aromatic carbocycles. The third-order valence-electron chi connectivity index (χ3n) is 2.34. The van der Waals surface area contributed by atoms with Gasteiger partial charge in [-0.15, -0.1) is 0 Å². The Morgan fingerprint density at radius 3 is 2.59 bits per heavy atom. The van der Waals surface area contributed by atoms with Crippen molar-refractivity contribution < 1.29 is 4.39 Å². The summed E-state index contributed by atoms with van der Waals surface area (Å²) in [5, 5.41) is 3.08. The number of hydrogen-bond acceptors (Lipinski definition) is 2. The van der Waals surface area contributed by atoms with Crippen LogP contribution in [0.25, 0.3) is 0 Å². The van der Waals surface area contributed by atoms with E-state index in [1.807, 2.05) is 32.0 Å². The molecule has 2 aromatic rings. The van der Waals surface area contributed by atoms with Gasteiger partial charge in [-0.2, -0.15) is 0 Å². The maximum Gasteiger partial charge on any atom is 0.130 e. The van der Waals surface area contributed by atoms with E-state index in [0.29, 0.717) is 11.5 Å². The third kappa shape index (κ3) is 3.03. The number of benzene rings is 1. The first-order valence-electron chi connectivity index (χ1n) is 5.22. The minimum absolute atomic E-state index is 0.249. The van der Waals surface area contributed by atoms with Gasteiger partial charge in [-0.3, -0.25) is 0 Å². The number of rotatable bonds is 2. The van der Waals surface area contributed by atoms with Gasteiger partial charge in [0.25, 0.3) is 0 Å². The Balaban J connectivity index is 2.28. The number of nitrogens with zero attached hydrogens (tertiary/aromatic N) is 1. The Bertz CT molecular complexity index is 535. The van der Waals surface area contributed by atoms with Crippen LogP contribution >= 0.6 is 15.9 Å². The van der Waals surface area contributed by atoms with Crippen molar-refractivity contribution in [1.29, 1.82) is 0 Å². The molecular formula is C13H12BrFN2. The van der Waals surface area contributed by atoms with Gasteiger partial charge in [0.2, 0.25) is 0 Å². The smallest absolute Gasteiger partial charge is 0.130 e. The average molecular weight is 295 g/mol. The summed E-state index contributed by atoms with van der Waals surface area (Å²) >= 11 is 3.39. The molecule has 2 rings (SSSR count). The van der Waals surface area contributed by atoms with E-state index in [1.165, 1.54) is 12.1 Å². The average Bonchev–Trinajstić information content (AvgIpc) is 2.22. The van der Waals surface area contributed by atoms with Crippen molar-refractivity contribution in [3.63, 3.8) is 0 Å². The molecule has 0 spiro atoms. The maximum atomic E-state index is 13.2. The summed E-state index contributed by atoms with van der Waals surface area (Å²) in [6.45, 7) is 3.76. The summed E-state index contributed by atoms with van der Waals surface area (Å²) in [4.78, 5) is 4.35. The van der Waals surface area contributed by atoms with Crippen molar-refractivity contribution in [1.82, 2.24) is 4.98 Å². The molecule has 17 heavy (non-hydrogen) atoms. The molecule has 1 N–H and O–H groups in total. The fraction of sp³-hybridized carbons (Fsp3) is 0.154. The zero-order valence-electron chi connectivity index (χ0n) is 9.59. The van der Waals surface area contributed by atoms with E-state index in [-0.39, 0.29) is 5.82 Å². The lowest BCUT2D eigenvalue weighted by atomic mass is 10.2. The molecule has 0 aliphatic carbocycles. The van der Waals surface area contributed by atoms with Crippen LogP contribution in [0.3, 0.4) is 0 Å². The van der Waals surface area contributed by atoms with Crippen molar-refractivity contribution in [3.8, 4) is 0 Å². The van der Waals surface area contributed by atoms with Gasteiger partial charge in [-0.05, 0) is 65.7 Å². The van der Waals surface area contributed by atoms with Gasteiger partial charge >= 0.3 is 0 Å². The highest BCUT2D eigenvalue weighted by molar-refractivity contribution is 9.10. The zero-order valence-corrected chi connectivity index (χ0v) is 11.2. The summed E-state index contributed by atoms with van der Waals surface area (Å²) in [5.74, 6) is 0.456. The molecule has 0 fully saturated rings. The highest BCUT2D eigenvalue weighted by atomic mass is 79.9. The van der Waals surface area contributed by atoms with Crippen LogP contribution in [0.15, 0.2) is 34.8 Å². The zero-order chi connectivity index (χ0) is 12.4. The largest absolute Gasteiger partial charge is 0.340 e. The van der Waals surface area contributed by atoms with E-state index in [2.05, 4.69) is 26.2 Å². The number of anilines is 2. The van der Waals surface area contributed by atoms with E-state index in [0.717, 1.165) is 15.7 Å². The lowest BCUT2D eigenvalue weighted by Gasteiger charge is -2.08. The van der Waals surface area contributed by atoms with E-state index in [4.69, 9.17) is 0 Å². The molecule has 4 heteroatoms. The summed E-state index contributed by atoms with van der Waals surface area (Å²) in [6, 6.07) is 8.58. The first kappa shape index (κ1) is 12.0. The fourth-order valence-electron chi connectivity index (χ4n) is 1.57. The van der Waals surface area contributed by atoms with Crippen LogP contribution in [-0.2, 0) is 0 Å². The SMILES string of the molecule is Cc1cc(F)cc(Nc2ccc(Br)c(C)n2)c1. The lowest BCUT2D eigenvalue weighted by molar-refractivity contribution is 0.627.